The minimum atomic E-state index is -0.366. The fourth-order valence-electron chi connectivity index (χ4n) is 2.50. The van der Waals surface area contributed by atoms with Crippen molar-refractivity contribution in [3.8, 4) is 11.8 Å². The molecule has 129 valence electrons. The number of nitriles is 1. The molecule has 0 spiro atoms. The molecule has 0 aliphatic rings. The van der Waals surface area contributed by atoms with Gasteiger partial charge in [-0.1, -0.05) is 18.2 Å². The summed E-state index contributed by atoms with van der Waals surface area (Å²) in [6, 6.07) is 15.9. The molecule has 1 amide bonds. The summed E-state index contributed by atoms with van der Waals surface area (Å²) < 4.78 is 10.4. The second-order valence-electron chi connectivity index (χ2n) is 5.59. The molecule has 0 aliphatic heterocycles. The number of benzene rings is 2. The molecule has 5 nitrogen and oxygen atoms in total. The van der Waals surface area contributed by atoms with Crippen LogP contribution < -0.4 is 4.74 Å². The van der Waals surface area contributed by atoms with Gasteiger partial charge in [0.15, 0.2) is 0 Å². The van der Waals surface area contributed by atoms with Gasteiger partial charge in [0.25, 0.3) is 5.91 Å². The predicted molar refractivity (Wildman–Crippen MR) is 95.0 cm³/mol. The van der Waals surface area contributed by atoms with Gasteiger partial charge in [0.2, 0.25) is 0 Å². The van der Waals surface area contributed by atoms with Crippen LogP contribution in [-0.2, 0) is 11.3 Å². The molecule has 0 N–H and O–H groups in total. The molecule has 5 heteroatoms. The molecule has 0 heterocycles. The summed E-state index contributed by atoms with van der Waals surface area (Å²) in [6.45, 7) is 4.72. The average Bonchev–Trinajstić information content (AvgIpc) is 2.66. The zero-order valence-corrected chi connectivity index (χ0v) is 14.4. The largest absolute Gasteiger partial charge is 0.497 e. The van der Waals surface area contributed by atoms with Crippen molar-refractivity contribution in [3.63, 3.8) is 0 Å². The Bertz CT molecular complexity index is 768. The zero-order valence-electron chi connectivity index (χ0n) is 14.4. The van der Waals surface area contributed by atoms with Crippen LogP contribution in [0.3, 0.4) is 0 Å². The average molecular weight is 337 g/mol. The van der Waals surface area contributed by atoms with E-state index in [9.17, 15) is 4.79 Å². The molecule has 0 aliphatic carbocycles. The Labute approximate surface area is 148 Å². The van der Waals surface area contributed by atoms with Crippen LogP contribution in [0.1, 0.15) is 21.5 Å². The van der Waals surface area contributed by atoms with E-state index in [1.54, 1.807) is 43.4 Å². The third-order valence-electron chi connectivity index (χ3n) is 3.79. The van der Waals surface area contributed by atoms with E-state index in [1.165, 1.54) is 0 Å². The fourth-order valence-corrected chi connectivity index (χ4v) is 2.50. The van der Waals surface area contributed by atoms with Gasteiger partial charge in [-0.15, -0.1) is 0 Å². The van der Waals surface area contributed by atoms with Crippen molar-refractivity contribution in [2.45, 2.75) is 12.6 Å². The highest BCUT2D eigenvalue weighted by Gasteiger charge is 2.22. The number of ether oxygens (including phenoxy) is 2. The van der Waals surface area contributed by atoms with Gasteiger partial charge in [-0.3, -0.25) is 4.79 Å². The number of carbonyl (C=O) groups excluding carboxylic acids is 1. The van der Waals surface area contributed by atoms with Gasteiger partial charge < -0.3 is 14.4 Å². The quantitative estimate of drug-likeness (QED) is 0.779. The summed E-state index contributed by atoms with van der Waals surface area (Å²) in [5, 5.41) is 9.05. The van der Waals surface area contributed by atoms with E-state index in [1.807, 2.05) is 24.3 Å². The van der Waals surface area contributed by atoms with Crippen LogP contribution in [0.15, 0.2) is 48.5 Å². The molecular weight excluding hydrogens is 316 g/mol. The Morgan fingerprint density at radius 3 is 2.68 bits per heavy atom. The molecule has 0 bridgehead atoms. The van der Waals surface area contributed by atoms with Crippen molar-refractivity contribution in [1.29, 1.82) is 5.26 Å². The summed E-state index contributed by atoms with van der Waals surface area (Å²) >= 11 is 0. The van der Waals surface area contributed by atoms with Crippen LogP contribution in [0.4, 0.5) is 0 Å². The normalized spacial score (nSPS) is 11.4. The molecule has 0 saturated heterocycles. The topological polar surface area (TPSA) is 62.6 Å². The number of rotatable bonds is 7. The first-order chi connectivity index (χ1) is 12.1. The Morgan fingerprint density at radius 1 is 1.24 bits per heavy atom. The number of hydrogen-bond donors (Lipinski definition) is 0. The fraction of sp³-hybridized carbons (Fsp3) is 0.250. The van der Waals surface area contributed by atoms with Gasteiger partial charge >= 0.3 is 0 Å². The summed E-state index contributed by atoms with van der Waals surface area (Å²) in [4.78, 5) is 14.6. The lowest BCUT2D eigenvalue weighted by atomic mass is 10.1. The third-order valence-corrected chi connectivity index (χ3v) is 3.79. The monoisotopic (exact) mass is 337 g/mol. The number of nitrogens with zero attached hydrogens (tertiary/aromatic N) is 2. The van der Waals surface area contributed by atoms with Crippen molar-refractivity contribution in [2.24, 2.45) is 0 Å². The van der Waals surface area contributed by atoms with Crippen LogP contribution in [0.5, 0.6) is 5.75 Å². The van der Waals surface area contributed by atoms with Gasteiger partial charge in [0.1, 0.15) is 5.75 Å². The Morgan fingerprint density at radius 2 is 2.00 bits per heavy atom. The summed E-state index contributed by atoms with van der Waals surface area (Å²) in [5.41, 5.74) is 1.82. The third kappa shape index (κ3) is 4.82. The first-order valence-corrected chi connectivity index (χ1v) is 7.85. The lowest BCUT2D eigenvalue weighted by Crippen LogP contribution is -2.40. The smallest absolute Gasteiger partial charge is 0.254 e. The number of amides is 1. The lowest BCUT2D eigenvalue weighted by molar-refractivity contribution is 0.0583. The molecule has 1 atom stereocenters. The van der Waals surface area contributed by atoms with E-state index < -0.39 is 0 Å². The number of carbonyl (C=O) groups is 1. The van der Waals surface area contributed by atoms with Gasteiger partial charge in [-0.25, -0.2) is 0 Å². The zero-order chi connectivity index (χ0) is 18.2. The van der Waals surface area contributed by atoms with E-state index in [0.717, 1.165) is 11.3 Å². The molecule has 0 aromatic heterocycles. The Hall–Kier alpha value is -2.84. The highest BCUT2D eigenvalue weighted by Crippen LogP contribution is 2.18. The van der Waals surface area contributed by atoms with Crippen molar-refractivity contribution in [3.05, 3.63) is 72.1 Å². The highest BCUT2D eigenvalue weighted by atomic mass is 16.5. The van der Waals surface area contributed by atoms with Gasteiger partial charge in [-0.05, 0) is 42.8 Å². The molecule has 2 aromatic carbocycles. The minimum Gasteiger partial charge on any atom is -0.497 e. The highest BCUT2D eigenvalue weighted by molar-refractivity contribution is 5.94. The molecule has 1 unspecified atom stereocenters. The molecule has 1 radical (unpaired) electrons. The van der Waals surface area contributed by atoms with Crippen molar-refractivity contribution in [2.75, 3.05) is 20.8 Å². The summed E-state index contributed by atoms with van der Waals surface area (Å²) in [6.07, 6.45) is 0. The minimum absolute atomic E-state index is 0.197. The molecule has 2 rings (SSSR count). The second-order valence-corrected chi connectivity index (χ2v) is 5.59. The Kier molecular flexibility index (Phi) is 6.55. The first kappa shape index (κ1) is 18.5. The van der Waals surface area contributed by atoms with Crippen LogP contribution in [0.2, 0.25) is 0 Å². The molecule has 25 heavy (non-hydrogen) atoms. The van der Waals surface area contributed by atoms with Crippen LogP contribution >= 0.6 is 0 Å². The number of hydrogen-bond acceptors (Lipinski definition) is 4. The maximum Gasteiger partial charge on any atom is 0.254 e. The standard InChI is InChI=1S/C20H21N2O3/c1-15(14-24-2)22(13-17-7-5-9-19(11-17)25-3)20(23)18-8-4-6-16(10-18)12-21/h4-11,15H,1,13-14H2,2-3H3. The van der Waals surface area contributed by atoms with Gasteiger partial charge in [-0.2, -0.15) is 5.26 Å². The summed E-state index contributed by atoms with van der Waals surface area (Å²) in [7, 11) is 3.17. The predicted octanol–water partition coefficient (Wildman–Crippen LogP) is 3.06. The molecule has 0 saturated carbocycles. The second kappa shape index (κ2) is 8.86. The van der Waals surface area contributed by atoms with E-state index >= 15 is 0 Å². The maximum atomic E-state index is 13.0. The molecular formula is C20H21N2O3. The Balaban J connectivity index is 2.31. The molecule has 0 fully saturated rings. The first-order valence-electron chi connectivity index (χ1n) is 7.85. The lowest BCUT2D eigenvalue weighted by Gasteiger charge is -2.29. The van der Waals surface area contributed by atoms with Crippen molar-refractivity contribution < 1.29 is 14.3 Å². The van der Waals surface area contributed by atoms with Crippen molar-refractivity contribution >= 4 is 5.91 Å². The van der Waals surface area contributed by atoms with Crippen LogP contribution in [0, 0.1) is 18.3 Å². The van der Waals surface area contributed by atoms with Gasteiger partial charge in [0.05, 0.1) is 31.4 Å². The van der Waals surface area contributed by atoms with E-state index in [2.05, 4.69) is 13.0 Å². The van der Waals surface area contributed by atoms with Crippen LogP contribution in [-0.4, -0.2) is 37.7 Å². The molecule has 2 aromatic rings. The summed E-state index contributed by atoms with van der Waals surface area (Å²) in [5.74, 6) is 0.528. The van der Waals surface area contributed by atoms with E-state index in [-0.39, 0.29) is 11.9 Å². The maximum absolute atomic E-state index is 13.0. The van der Waals surface area contributed by atoms with E-state index in [0.29, 0.717) is 24.3 Å². The van der Waals surface area contributed by atoms with Gasteiger partial charge in [0, 0.05) is 19.2 Å². The van der Waals surface area contributed by atoms with Crippen LogP contribution in [0.25, 0.3) is 0 Å². The number of methoxy groups -OCH3 is 2. The van der Waals surface area contributed by atoms with Crippen molar-refractivity contribution in [1.82, 2.24) is 4.90 Å². The SMILES string of the molecule is [CH2]C(COC)N(Cc1cccc(OC)c1)C(=O)c1cccc(C#N)c1. The van der Waals surface area contributed by atoms with E-state index in [4.69, 9.17) is 14.7 Å².